The highest BCUT2D eigenvalue weighted by Gasteiger charge is 2.28. The highest BCUT2D eigenvalue weighted by molar-refractivity contribution is 5.94. The topological polar surface area (TPSA) is 56.6 Å². The van der Waals surface area contributed by atoms with E-state index < -0.39 is 0 Å². The predicted octanol–water partition coefficient (Wildman–Crippen LogP) is 5.34. The highest BCUT2D eigenvalue weighted by atomic mass is 16.5. The summed E-state index contributed by atoms with van der Waals surface area (Å²) in [5.41, 5.74) is 3.71. The number of aromatic nitrogens is 2. The number of fused-ring (bicyclic) bond motifs is 1. The molecule has 6 nitrogen and oxygen atoms in total. The summed E-state index contributed by atoms with van der Waals surface area (Å²) < 4.78 is 13.8. The molecule has 1 amide bonds. The molecule has 1 fully saturated rings. The third-order valence-corrected chi connectivity index (χ3v) is 6.52. The molecular weight excluding hydrogens is 426 g/mol. The summed E-state index contributed by atoms with van der Waals surface area (Å²) in [6, 6.07) is 13.7. The van der Waals surface area contributed by atoms with Gasteiger partial charge >= 0.3 is 0 Å². The maximum absolute atomic E-state index is 13.6. The molecule has 6 heteroatoms. The van der Waals surface area contributed by atoms with Crippen molar-refractivity contribution >= 4 is 5.91 Å². The number of hydrogen-bond acceptors (Lipinski definition) is 4. The summed E-state index contributed by atoms with van der Waals surface area (Å²) in [4.78, 5) is 20.4. The van der Waals surface area contributed by atoms with Crippen molar-refractivity contribution in [2.45, 2.75) is 58.7 Å². The van der Waals surface area contributed by atoms with Gasteiger partial charge in [-0.05, 0) is 75.4 Å². The fourth-order valence-corrected chi connectivity index (χ4v) is 4.60. The van der Waals surface area contributed by atoms with Crippen molar-refractivity contribution in [3.8, 4) is 22.8 Å². The van der Waals surface area contributed by atoms with Crippen molar-refractivity contribution in [1.82, 2.24) is 14.5 Å². The van der Waals surface area contributed by atoms with Crippen LogP contribution in [-0.2, 0) is 19.5 Å². The van der Waals surface area contributed by atoms with Gasteiger partial charge in [0, 0.05) is 48.9 Å². The number of nitrogens with zero attached hydrogens (tertiary/aromatic N) is 3. The van der Waals surface area contributed by atoms with Crippen molar-refractivity contribution < 1.29 is 14.3 Å². The van der Waals surface area contributed by atoms with E-state index in [1.54, 1.807) is 7.11 Å². The standard InChI is InChI=1S/C28H33N3O3/c1-19(2)34-26-12-11-21(25-18-30-13-5-8-27(30)29-25)14-23(26)17-31(16-20-9-10-20)28(32)22-6-4-7-24(15-22)33-3/h4,6-7,11-12,14-15,18-20H,5,8-10,13,16-17H2,1-3H3. The lowest BCUT2D eigenvalue weighted by Gasteiger charge is -2.25. The molecule has 0 atom stereocenters. The number of benzene rings is 2. The number of ether oxygens (including phenoxy) is 2. The molecule has 3 aromatic rings. The number of methoxy groups -OCH3 is 1. The van der Waals surface area contributed by atoms with Crippen LogP contribution in [0.1, 0.15) is 54.9 Å². The molecule has 2 aliphatic rings. The van der Waals surface area contributed by atoms with Crippen LogP contribution in [-0.4, -0.2) is 40.1 Å². The lowest BCUT2D eigenvalue weighted by atomic mass is 10.1. The Balaban J connectivity index is 1.47. The van der Waals surface area contributed by atoms with Crippen LogP contribution in [0, 0.1) is 5.92 Å². The van der Waals surface area contributed by atoms with E-state index in [1.807, 2.05) is 49.1 Å². The average Bonchev–Trinajstić information content (AvgIpc) is 3.39. The first-order valence-corrected chi connectivity index (χ1v) is 12.3. The Kier molecular flexibility index (Phi) is 6.31. The molecule has 1 saturated carbocycles. The van der Waals surface area contributed by atoms with Crippen molar-refractivity contribution in [2.24, 2.45) is 5.92 Å². The molecule has 178 valence electrons. The molecule has 0 bridgehead atoms. The second kappa shape index (κ2) is 9.53. The van der Waals surface area contributed by atoms with Gasteiger partial charge in [0.15, 0.2) is 0 Å². The highest BCUT2D eigenvalue weighted by Crippen LogP contribution is 2.33. The number of rotatable bonds is 9. The van der Waals surface area contributed by atoms with Crippen LogP contribution in [0.15, 0.2) is 48.7 Å². The Bertz CT molecular complexity index is 1160. The Labute approximate surface area is 201 Å². The lowest BCUT2D eigenvalue weighted by molar-refractivity contribution is 0.0732. The summed E-state index contributed by atoms with van der Waals surface area (Å²) >= 11 is 0. The fraction of sp³-hybridized carbons (Fsp3) is 0.429. The van der Waals surface area contributed by atoms with Crippen LogP contribution < -0.4 is 9.47 Å². The van der Waals surface area contributed by atoms with E-state index in [-0.39, 0.29) is 12.0 Å². The maximum Gasteiger partial charge on any atom is 0.254 e. The van der Waals surface area contributed by atoms with Crippen LogP contribution in [0.4, 0.5) is 0 Å². The van der Waals surface area contributed by atoms with Crippen LogP contribution in [0.25, 0.3) is 11.3 Å². The van der Waals surface area contributed by atoms with Crippen LogP contribution in [0.5, 0.6) is 11.5 Å². The van der Waals surface area contributed by atoms with Crippen molar-refractivity contribution in [2.75, 3.05) is 13.7 Å². The summed E-state index contributed by atoms with van der Waals surface area (Å²) in [6.45, 7) is 6.34. The van der Waals surface area contributed by atoms with Gasteiger partial charge in [-0.1, -0.05) is 6.07 Å². The normalized spacial score (nSPS) is 14.8. The van der Waals surface area contributed by atoms with Gasteiger partial charge in [0.1, 0.15) is 17.3 Å². The maximum atomic E-state index is 13.6. The Morgan fingerprint density at radius 3 is 2.79 bits per heavy atom. The minimum atomic E-state index is 0.0210. The largest absolute Gasteiger partial charge is 0.497 e. The summed E-state index contributed by atoms with van der Waals surface area (Å²) in [5, 5.41) is 0. The smallest absolute Gasteiger partial charge is 0.254 e. The number of carbonyl (C=O) groups is 1. The number of imidazole rings is 1. The zero-order valence-corrected chi connectivity index (χ0v) is 20.3. The molecule has 0 spiro atoms. The van der Waals surface area contributed by atoms with Crippen molar-refractivity contribution in [3.63, 3.8) is 0 Å². The number of carbonyl (C=O) groups excluding carboxylic acids is 1. The van der Waals surface area contributed by atoms with E-state index in [2.05, 4.69) is 22.9 Å². The van der Waals surface area contributed by atoms with Crippen LogP contribution in [0.2, 0.25) is 0 Å². The molecule has 34 heavy (non-hydrogen) atoms. The molecule has 0 N–H and O–H groups in total. The second-order valence-electron chi connectivity index (χ2n) is 9.69. The van der Waals surface area contributed by atoms with Crippen LogP contribution >= 0.6 is 0 Å². The van der Waals surface area contributed by atoms with Gasteiger partial charge in [0.2, 0.25) is 0 Å². The molecule has 1 aromatic heterocycles. The number of hydrogen-bond donors (Lipinski definition) is 0. The molecular formula is C28H33N3O3. The SMILES string of the molecule is COc1cccc(C(=O)N(Cc2cc(-c3cn4c(n3)CCC4)ccc2OC(C)C)CC2CC2)c1. The zero-order chi connectivity index (χ0) is 23.7. The summed E-state index contributed by atoms with van der Waals surface area (Å²) in [7, 11) is 1.62. The minimum absolute atomic E-state index is 0.0210. The number of aryl methyl sites for hydroxylation is 2. The van der Waals surface area contributed by atoms with Gasteiger partial charge in [-0.25, -0.2) is 4.98 Å². The molecule has 5 rings (SSSR count). The molecule has 0 radical (unpaired) electrons. The Morgan fingerprint density at radius 1 is 1.21 bits per heavy atom. The molecule has 1 aliphatic carbocycles. The predicted molar refractivity (Wildman–Crippen MR) is 132 cm³/mol. The quantitative estimate of drug-likeness (QED) is 0.433. The zero-order valence-electron chi connectivity index (χ0n) is 20.3. The van der Waals surface area contributed by atoms with Gasteiger partial charge in [-0.3, -0.25) is 4.79 Å². The van der Waals surface area contributed by atoms with Crippen LogP contribution in [0.3, 0.4) is 0 Å². The summed E-state index contributed by atoms with van der Waals surface area (Å²) in [6.07, 6.45) is 6.75. The Hall–Kier alpha value is -3.28. The van der Waals surface area contributed by atoms with E-state index in [4.69, 9.17) is 14.5 Å². The van der Waals surface area contributed by atoms with E-state index >= 15 is 0 Å². The Morgan fingerprint density at radius 2 is 2.06 bits per heavy atom. The fourth-order valence-electron chi connectivity index (χ4n) is 4.60. The van der Waals surface area contributed by atoms with E-state index in [1.165, 1.54) is 12.8 Å². The monoisotopic (exact) mass is 459 g/mol. The first kappa shape index (κ1) is 22.5. The third kappa shape index (κ3) is 4.96. The molecule has 1 aliphatic heterocycles. The van der Waals surface area contributed by atoms with Gasteiger partial charge in [-0.15, -0.1) is 0 Å². The second-order valence-corrected chi connectivity index (χ2v) is 9.69. The average molecular weight is 460 g/mol. The first-order chi connectivity index (χ1) is 16.5. The molecule has 2 aromatic carbocycles. The van der Waals surface area contributed by atoms with Gasteiger partial charge in [0.05, 0.1) is 18.9 Å². The van der Waals surface area contributed by atoms with Crippen molar-refractivity contribution in [1.29, 1.82) is 0 Å². The molecule has 2 heterocycles. The molecule has 0 saturated heterocycles. The third-order valence-electron chi connectivity index (χ3n) is 6.52. The lowest BCUT2D eigenvalue weighted by Crippen LogP contribution is -2.32. The van der Waals surface area contributed by atoms with E-state index in [0.29, 0.717) is 23.8 Å². The summed E-state index contributed by atoms with van der Waals surface area (Å²) in [5.74, 6) is 3.26. The molecule has 0 unspecified atom stereocenters. The first-order valence-electron chi connectivity index (χ1n) is 12.3. The van der Waals surface area contributed by atoms with E-state index in [0.717, 1.165) is 54.3 Å². The van der Waals surface area contributed by atoms with Gasteiger partial charge < -0.3 is 18.9 Å². The van der Waals surface area contributed by atoms with Gasteiger partial charge in [0.25, 0.3) is 5.91 Å². The van der Waals surface area contributed by atoms with E-state index in [9.17, 15) is 4.79 Å². The number of amides is 1. The minimum Gasteiger partial charge on any atom is -0.497 e. The van der Waals surface area contributed by atoms with Crippen molar-refractivity contribution in [3.05, 3.63) is 65.6 Å². The van der Waals surface area contributed by atoms with Gasteiger partial charge in [-0.2, -0.15) is 0 Å².